The second-order valence-corrected chi connectivity index (χ2v) is 5.77. The van der Waals surface area contributed by atoms with E-state index in [1.54, 1.807) is 0 Å². The van der Waals surface area contributed by atoms with Gasteiger partial charge in [-0.05, 0) is 23.8 Å². The zero-order valence-corrected chi connectivity index (χ0v) is 12.9. The monoisotopic (exact) mass is 376 g/mol. The first-order valence-corrected chi connectivity index (χ1v) is 7.51. The average molecular weight is 376 g/mol. The molecule has 142 valence electrons. The van der Waals surface area contributed by atoms with Crippen LogP contribution in [0.25, 0.3) is 0 Å². The second kappa shape index (κ2) is 7.45. The number of nitrogens with one attached hydrogen (secondary N) is 1. The highest BCUT2D eigenvalue weighted by Gasteiger charge is 2.38. The van der Waals surface area contributed by atoms with E-state index in [9.17, 15) is 35.1 Å². The summed E-state index contributed by atoms with van der Waals surface area (Å²) in [6.07, 6.45) is -13.7. The van der Waals surface area contributed by atoms with Crippen LogP contribution < -0.4 is 5.32 Å². The van der Waals surface area contributed by atoms with Crippen molar-refractivity contribution in [1.82, 2.24) is 10.2 Å². The van der Waals surface area contributed by atoms with Crippen molar-refractivity contribution in [2.24, 2.45) is 0 Å². The zero-order chi connectivity index (χ0) is 18.8. The van der Waals surface area contributed by atoms with E-state index in [2.05, 4.69) is 5.32 Å². The molecule has 0 aromatic heterocycles. The van der Waals surface area contributed by atoms with Gasteiger partial charge < -0.3 is 5.32 Å². The van der Waals surface area contributed by atoms with Crippen molar-refractivity contribution in [3.63, 3.8) is 0 Å². The van der Waals surface area contributed by atoms with Crippen molar-refractivity contribution in [3.8, 4) is 0 Å². The number of halogens is 8. The molecule has 1 aromatic rings. The topological polar surface area (TPSA) is 15.3 Å². The number of nitrogens with zero attached hydrogens (tertiary/aromatic N) is 1. The molecule has 1 aromatic carbocycles. The maximum Gasteiger partial charge on any atom is 0.416 e. The van der Waals surface area contributed by atoms with Gasteiger partial charge in [0, 0.05) is 38.6 Å². The molecule has 0 unspecified atom stereocenters. The molecule has 0 spiro atoms. The Hall–Kier alpha value is -1.42. The van der Waals surface area contributed by atoms with E-state index in [1.165, 1.54) is 4.90 Å². The standard InChI is InChI=1S/C15H16F8N2/c16-13(17)8-12(25-3-1-24-2-4-25)9-5-10(14(18,19)20)7-11(6-9)15(21,22)23/h5-7,12-13,24H,1-4,8H2/t12-/m1/s1. The summed E-state index contributed by atoms with van der Waals surface area (Å²) in [7, 11) is 0. The minimum absolute atomic E-state index is 0.000688. The largest absolute Gasteiger partial charge is 0.416 e. The van der Waals surface area contributed by atoms with Gasteiger partial charge in [-0.2, -0.15) is 26.3 Å². The SMILES string of the molecule is FC(F)C[C@H](c1cc(C(F)(F)F)cc(C(F)(F)F)c1)N1CCNCC1. The lowest BCUT2D eigenvalue weighted by atomic mass is 9.96. The highest BCUT2D eigenvalue weighted by molar-refractivity contribution is 5.35. The summed E-state index contributed by atoms with van der Waals surface area (Å²) in [4.78, 5) is 1.48. The lowest BCUT2D eigenvalue weighted by Crippen LogP contribution is -2.45. The molecule has 1 fully saturated rings. The van der Waals surface area contributed by atoms with Gasteiger partial charge in [-0.25, -0.2) is 8.78 Å². The molecule has 0 bridgehead atoms. The average Bonchev–Trinajstić information content (AvgIpc) is 2.51. The molecule has 1 heterocycles. The molecule has 1 N–H and O–H groups in total. The molecule has 2 nitrogen and oxygen atoms in total. The van der Waals surface area contributed by atoms with Gasteiger partial charge in [0.1, 0.15) is 0 Å². The predicted molar refractivity (Wildman–Crippen MR) is 74.3 cm³/mol. The van der Waals surface area contributed by atoms with Gasteiger partial charge in [-0.3, -0.25) is 4.90 Å². The van der Waals surface area contributed by atoms with Crippen LogP contribution in [-0.4, -0.2) is 37.5 Å². The molecule has 25 heavy (non-hydrogen) atoms. The van der Waals surface area contributed by atoms with Crippen LogP contribution in [-0.2, 0) is 12.4 Å². The van der Waals surface area contributed by atoms with Gasteiger partial charge in [0.25, 0.3) is 0 Å². The van der Waals surface area contributed by atoms with E-state index >= 15 is 0 Å². The molecule has 10 heteroatoms. The first kappa shape index (κ1) is 19.9. The van der Waals surface area contributed by atoms with E-state index in [0.29, 0.717) is 25.2 Å². The quantitative estimate of drug-likeness (QED) is 0.788. The van der Waals surface area contributed by atoms with Gasteiger partial charge >= 0.3 is 12.4 Å². The van der Waals surface area contributed by atoms with E-state index in [4.69, 9.17) is 0 Å². The fourth-order valence-corrected chi connectivity index (χ4v) is 2.83. The number of benzene rings is 1. The van der Waals surface area contributed by atoms with Crippen LogP contribution in [0.1, 0.15) is 29.2 Å². The maximum atomic E-state index is 13.0. The Labute approximate surface area is 138 Å². The minimum atomic E-state index is -5.01. The van der Waals surface area contributed by atoms with Crippen LogP contribution in [0.2, 0.25) is 0 Å². The molecular formula is C15H16F8N2. The van der Waals surface area contributed by atoms with Crippen LogP contribution in [0.5, 0.6) is 0 Å². The lowest BCUT2D eigenvalue weighted by molar-refractivity contribution is -0.143. The summed E-state index contributed by atoms with van der Waals surface area (Å²) >= 11 is 0. The van der Waals surface area contributed by atoms with Crippen LogP contribution >= 0.6 is 0 Å². The van der Waals surface area contributed by atoms with Gasteiger partial charge in [0.15, 0.2) is 0 Å². The molecule has 1 aliphatic rings. The summed E-state index contributed by atoms with van der Waals surface area (Å²) in [5.41, 5.74) is -3.39. The summed E-state index contributed by atoms with van der Waals surface area (Å²) < 4.78 is 104. The molecule has 0 aliphatic carbocycles. The molecule has 1 aliphatic heterocycles. The van der Waals surface area contributed by atoms with Crippen LogP contribution in [0.4, 0.5) is 35.1 Å². The van der Waals surface area contributed by atoms with Crippen molar-refractivity contribution in [1.29, 1.82) is 0 Å². The summed E-state index contributed by atoms with van der Waals surface area (Å²) in [5, 5.41) is 2.96. The molecule has 0 amide bonds. The minimum Gasteiger partial charge on any atom is -0.314 e. The third-order valence-corrected chi connectivity index (χ3v) is 3.99. The van der Waals surface area contributed by atoms with E-state index in [0.717, 1.165) is 0 Å². The van der Waals surface area contributed by atoms with Crippen molar-refractivity contribution in [2.45, 2.75) is 31.2 Å². The number of rotatable bonds is 4. The Kier molecular flexibility index (Phi) is 5.93. The molecule has 1 saturated heterocycles. The first-order valence-electron chi connectivity index (χ1n) is 7.51. The molecule has 0 saturated carbocycles. The van der Waals surface area contributed by atoms with E-state index in [-0.39, 0.29) is 19.2 Å². The number of alkyl halides is 8. The lowest BCUT2D eigenvalue weighted by Gasteiger charge is -2.35. The van der Waals surface area contributed by atoms with E-state index < -0.39 is 47.9 Å². The maximum absolute atomic E-state index is 13.0. The van der Waals surface area contributed by atoms with Crippen LogP contribution in [0, 0.1) is 0 Å². The van der Waals surface area contributed by atoms with Gasteiger partial charge in [-0.1, -0.05) is 0 Å². The number of piperazine rings is 1. The Balaban J connectivity index is 2.50. The third kappa shape index (κ3) is 5.27. The summed E-state index contributed by atoms with van der Waals surface area (Å²) in [6, 6.07) is -0.152. The van der Waals surface area contributed by atoms with Crippen LogP contribution in [0.15, 0.2) is 18.2 Å². The first-order chi connectivity index (χ1) is 11.5. The van der Waals surface area contributed by atoms with Gasteiger partial charge in [0.05, 0.1) is 11.1 Å². The number of hydrogen-bond acceptors (Lipinski definition) is 2. The van der Waals surface area contributed by atoms with Crippen molar-refractivity contribution in [3.05, 3.63) is 34.9 Å². The normalized spacial score (nSPS) is 18.6. The Morgan fingerprint density at radius 3 is 1.76 bits per heavy atom. The van der Waals surface area contributed by atoms with E-state index in [1.807, 2.05) is 0 Å². The fourth-order valence-electron chi connectivity index (χ4n) is 2.83. The number of hydrogen-bond donors (Lipinski definition) is 1. The molecule has 2 rings (SSSR count). The molecular weight excluding hydrogens is 360 g/mol. The van der Waals surface area contributed by atoms with Crippen LogP contribution in [0.3, 0.4) is 0 Å². The highest BCUT2D eigenvalue weighted by atomic mass is 19.4. The van der Waals surface area contributed by atoms with Crippen molar-refractivity contribution >= 4 is 0 Å². The summed E-state index contributed by atoms with van der Waals surface area (Å²) in [6.45, 7) is 1.36. The van der Waals surface area contributed by atoms with Gasteiger partial charge in [-0.15, -0.1) is 0 Å². The fraction of sp³-hybridized carbons (Fsp3) is 0.600. The Bertz CT molecular complexity index is 544. The summed E-state index contributed by atoms with van der Waals surface area (Å²) in [5.74, 6) is 0. The Morgan fingerprint density at radius 1 is 0.880 bits per heavy atom. The molecule has 0 radical (unpaired) electrons. The predicted octanol–water partition coefficient (Wildman–Crippen LogP) is 4.33. The highest BCUT2D eigenvalue weighted by Crippen LogP contribution is 2.39. The van der Waals surface area contributed by atoms with Crippen molar-refractivity contribution in [2.75, 3.05) is 26.2 Å². The van der Waals surface area contributed by atoms with Gasteiger partial charge in [0.2, 0.25) is 6.43 Å². The zero-order valence-electron chi connectivity index (χ0n) is 12.9. The smallest absolute Gasteiger partial charge is 0.314 e. The Morgan fingerprint density at radius 2 is 1.36 bits per heavy atom. The third-order valence-electron chi connectivity index (χ3n) is 3.99. The van der Waals surface area contributed by atoms with Crippen molar-refractivity contribution < 1.29 is 35.1 Å². The molecule has 1 atom stereocenters. The second-order valence-electron chi connectivity index (χ2n) is 5.77.